The van der Waals surface area contributed by atoms with Crippen LogP contribution in [0.5, 0.6) is 0 Å². The van der Waals surface area contributed by atoms with E-state index < -0.39 is 0 Å². The van der Waals surface area contributed by atoms with Gasteiger partial charge in [0, 0.05) is 26.6 Å². The Morgan fingerprint density at radius 3 is 2.90 bits per heavy atom. The van der Waals surface area contributed by atoms with Crippen LogP contribution in [0.1, 0.15) is 31.2 Å². The van der Waals surface area contributed by atoms with Gasteiger partial charge in [0.15, 0.2) is 0 Å². The van der Waals surface area contributed by atoms with Crippen LogP contribution in [0.2, 0.25) is 0 Å². The molecule has 1 fully saturated rings. The average Bonchev–Trinajstić information content (AvgIpc) is 2.72. The molecule has 0 aliphatic heterocycles. The van der Waals surface area contributed by atoms with Gasteiger partial charge in [-0.3, -0.25) is 0 Å². The van der Waals surface area contributed by atoms with Crippen molar-refractivity contribution in [2.45, 2.75) is 38.8 Å². The van der Waals surface area contributed by atoms with Gasteiger partial charge in [0.2, 0.25) is 0 Å². The summed E-state index contributed by atoms with van der Waals surface area (Å²) in [6.45, 7) is 3.46. The number of hydrogen-bond donors (Lipinski definition) is 1. The number of aryl methyl sites for hydroxylation is 1. The van der Waals surface area contributed by atoms with Crippen molar-refractivity contribution in [1.82, 2.24) is 9.55 Å². The van der Waals surface area contributed by atoms with Gasteiger partial charge in [-0.15, -0.1) is 0 Å². The standard InChI is InChI=1S/C16H23N3O/c1-3-20-13-6-12(7-13)9-16-18-14-8-11(10-17)4-5-15(14)19(16)2/h4-5,8,12-13H,3,6-7,9-10,17H2,1-2H3. The predicted molar refractivity (Wildman–Crippen MR) is 80.4 cm³/mol. The first kappa shape index (κ1) is 13.6. The molecule has 0 radical (unpaired) electrons. The second kappa shape index (κ2) is 5.54. The topological polar surface area (TPSA) is 53.1 Å². The molecule has 2 N–H and O–H groups in total. The number of aromatic nitrogens is 2. The van der Waals surface area contributed by atoms with Crippen molar-refractivity contribution in [3.63, 3.8) is 0 Å². The largest absolute Gasteiger partial charge is 0.378 e. The molecule has 1 aliphatic carbocycles. The Kier molecular flexibility index (Phi) is 3.76. The summed E-state index contributed by atoms with van der Waals surface area (Å²) in [6, 6.07) is 6.31. The number of benzene rings is 1. The van der Waals surface area contributed by atoms with Gasteiger partial charge < -0.3 is 15.0 Å². The smallest absolute Gasteiger partial charge is 0.109 e. The summed E-state index contributed by atoms with van der Waals surface area (Å²) in [4.78, 5) is 4.78. The molecule has 1 aliphatic rings. The lowest BCUT2D eigenvalue weighted by molar-refractivity contribution is -0.0246. The van der Waals surface area contributed by atoms with Gasteiger partial charge in [-0.2, -0.15) is 0 Å². The number of ether oxygens (including phenoxy) is 1. The van der Waals surface area contributed by atoms with Crippen LogP contribution in [0, 0.1) is 5.92 Å². The van der Waals surface area contributed by atoms with Crippen LogP contribution in [-0.4, -0.2) is 22.3 Å². The Labute approximate surface area is 119 Å². The van der Waals surface area contributed by atoms with Crippen molar-refractivity contribution in [3.8, 4) is 0 Å². The van der Waals surface area contributed by atoms with Gasteiger partial charge in [-0.25, -0.2) is 4.98 Å². The van der Waals surface area contributed by atoms with Crippen LogP contribution in [0.3, 0.4) is 0 Å². The lowest BCUT2D eigenvalue weighted by Gasteiger charge is -2.34. The normalized spacial score (nSPS) is 22.1. The van der Waals surface area contributed by atoms with E-state index in [9.17, 15) is 0 Å². The van der Waals surface area contributed by atoms with Gasteiger partial charge in [0.25, 0.3) is 0 Å². The van der Waals surface area contributed by atoms with Crippen LogP contribution in [0.15, 0.2) is 18.2 Å². The number of rotatable bonds is 5. The summed E-state index contributed by atoms with van der Waals surface area (Å²) < 4.78 is 7.84. The van der Waals surface area contributed by atoms with Crippen molar-refractivity contribution >= 4 is 11.0 Å². The maximum absolute atomic E-state index is 5.69. The first-order valence-electron chi connectivity index (χ1n) is 7.47. The number of nitrogens with zero attached hydrogens (tertiary/aromatic N) is 2. The van der Waals surface area contributed by atoms with E-state index in [-0.39, 0.29) is 0 Å². The third-order valence-electron chi connectivity index (χ3n) is 4.34. The molecule has 1 saturated carbocycles. The molecule has 0 atom stereocenters. The third-order valence-corrected chi connectivity index (χ3v) is 4.34. The molecule has 0 unspecified atom stereocenters. The maximum atomic E-state index is 5.69. The summed E-state index contributed by atoms with van der Waals surface area (Å²) in [5.74, 6) is 1.89. The van der Waals surface area contributed by atoms with Gasteiger partial charge >= 0.3 is 0 Å². The number of hydrogen-bond acceptors (Lipinski definition) is 3. The van der Waals surface area contributed by atoms with Crippen molar-refractivity contribution in [3.05, 3.63) is 29.6 Å². The zero-order valence-corrected chi connectivity index (χ0v) is 12.3. The van der Waals surface area contributed by atoms with Crippen LogP contribution in [-0.2, 0) is 24.8 Å². The molecule has 0 bridgehead atoms. The monoisotopic (exact) mass is 273 g/mol. The van der Waals surface area contributed by atoms with Crippen LogP contribution >= 0.6 is 0 Å². The van der Waals surface area contributed by atoms with Crippen LogP contribution in [0.4, 0.5) is 0 Å². The highest BCUT2D eigenvalue weighted by Crippen LogP contribution is 2.33. The molecule has 108 valence electrons. The molecule has 4 heteroatoms. The Bertz CT molecular complexity index is 599. The fourth-order valence-corrected chi connectivity index (χ4v) is 3.08. The first-order chi connectivity index (χ1) is 9.71. The second-order valence-electron chi connectivity index (χ2n) is 5.73. The van der Waals surface area contributed by atoms with Gasteiger partial charge in [-0.1, -0.05) is 6.07 Å². The highest BCUT2D eigenvalue weighted by molar-refractivity contribution is 5.76. The molecule has 1 heterocycles. The van der Waals surface area contributed by atoms with Crippen molar-refractivity contribution in [2.24, 2.45) is 18.7 Å². The molecule has 0 amide bonds. The number of fused-ring (bicyclic) bond motifs is 1. The lowest BCUT2D eigenvalue weighted by atomic mass is 9.80. The van der Waals surface area contributed by atoms with E-state index in [0.717, 1.165) is 30.0 Å². The fourth-order valence-electron chi connectivity index (χ4n) is 3.08. The first-order valence-corrected chi connectivity index (χ1v) is 7.47. The molecular formula is C16H23N3O. The minimum absolute atomic E-state index is 0.475. The summed E-state index contributed by atoms with van der Waals surface area (Å²) in [7, 11) is 2.10. The highest BCUT2D eigenvalue weighted by Gasteiger charge is 2.30. The third kappa shape index (κ3) is 2.45. The molecule has 2 aromatic rings. The van der Waals surface area contributed by atoms with E-state index in [1.54, 1.807) is 0 Å². The number of nitrogens with two attached hydrogens (primary N) is 1. The molecule has 1 aromatic carbocycles. The summed E-state index contributed by atoms with van der Waals surface area (Å²) in [5, 5.41) is 0. The van der Waals surface area contributed by atoms with Crippen molar-refractivity contribution in [1.29, 1.82) is 0 Å². The Morgan fingerprint density at radius 1 is 1.40 bits per heavy atom. The van der Waals surface area contributed by atoms with Gasteiger partial charge in [-0.05, 0) is 43.4 Å². The molecule has 1 aromatic heterocycles. The zero-order valence-electron chi connectivity index (χ0n) is 12.3. The molecule has 3 rings (SSSR count). The summed E-state index contributed by atoms with van der Waals surface area (Å²) in [6.07, 6.45) is 3.87. The summed E-state index contributed by atoms with van der Waals surface area (Å²) in [5.41, 5.74) is 9.09. The molecule has 0 saturated heterocycles. The van der Waals surface area contributed by atoms with E-state index >= 15 is 0 Å². The average molecular weight is 273 g/mol. The van der Waals surface area contributed by atoms with Gasteiger partial charge in [0.1, 0.15) is 5.82 Å². The SMILES string of the molecule is CCOC1CC(Cc2nc3cc(CN)ccc3n2C)C1. The van der Waals surface area contributed by atoms with Crippen LogP contribution < -0.4 is 5.73 Å². The lowest BCUT2D eigenvalue weighted by Crippen LogP contribution is -2.33. The molecular weight excluding hydrogens is 250 g/mol. The van der Waals surface area contributed by atoms with E-state index in [2.05, 4.69) is 36.7 Å². The van der Waals surface area contributed by atoms with Crippen molar-refractivity contribution < 1.29 is 4.74 Å². The van der Waals surface area contributed by atoms with E-state index in [4.69, 9.17) is 15.5 Å². The Balaban J connectivity index is 1.74. The molecule has 0 spiro atoms. The van der Waals surface area contributed by atoms with E-state index in [0.29, 0.717) is 12.6 Å². The zero-order chi connectivity index (χ0) is 14.1. The summed E-state index contributed by atoms with van der Waals surface area (Å²) >= 11 is 0. The van der Waals surface area contributed by atoms with E-state index in [1.165, 1.54) is 24.2 Å². The number of imidazole rings is 1. The molecule has 4 nitrogen and oxygen atoms in total. The van der Waals surface area contributed by atoms with Crippen molar-refractivity contribution in [2.75, 3.05) is 6.61 Å². The second-order valence-corrected chi connectivity index (χ2v) is 5.73. The van der Waals surface area contributed by atoms with E-state index in [1.807, 2.05) is 0 Å². The minimum Gasteiger partial charge on any atom is -0.378 e. The highest BCUT2D eigenvalue weighted by atomic mass is 16.5. The Hall–Kier alpha value is -1.39. The predicted octanol–water partition coefficient (Wildman–Crippen LogP) is 2.39. The quantitative estimate of drug-likeness (QED) is 0.910. The minimum atomic E-state index is 0.475. The fraction of sp³-hybridized carbons (Fsp3) is 0.562. The van der Waals surface area contributed by atoms with Gasteiger partial charge in [0.05, 0.1) is 17.1 Å². The maximum Gasteiger partial charge on any atom is 0.109 e. The Morgan fingerprint density at radius 2 is 2.20 bits per heavy atom. The molecule has 20 heavy (non-hydrogen) atoms. The van der Waals surface area contributed by atoms with Crippen LogP contribution in [0.25, 0.3) is 11.0 Å².